The molecular formula is C13H12F2N2O3. The van der Waals surface area contributed by atoms with Crippen molar-refractivity contribution in [3.05, 3.63) is 39.4 Å². The van der Waals surface area contributed by atoms with Gasteiger partial charge in [0.25, 0.3) is 5.91 Å². The van der Waals surface area contributed by atoms with E-state index in [1.54, 1.807) is 4.90 Å². The van der Waals surface area contributed by atoms with Crippen molar-refractivity contribution in [3.63, 3.8) is 0 Å². The predicted octanol–water partition coefficient (Wildman–Crippen LogP) is 2.50. The number of hydrogen-bond donors (Lipinski definition) is 0. The Morgan fingerprint density at radius 3 is 2.60 bits per heavy atom. The van der Waals surface area contributed by atoms with E-state index in [1.807, 2.05) is 0 Å². The van der Waals surface area contributed by atoms with E-state index in [9.17, 15) is 23.7 Å². The fourth-order valence-electron chi connectivity index (χ4n) is 3.17. The average molecular weight is 282 g/mol. The fourth-order valence-corrected chi connectivity index (χ4v) is 3.17. The van der Waals surface area contributed by atoms with Gasteiger partial charge in [-0.25, -0.2) is 4.39 Å². The van der Waals surface area contributed by atoms with Crippen LogP contribution in [0, 0.1) is 27.7 Å². The zero-order valence-electron chi connectivity index (χ0n) is 10.5. The Kier molecular flexibility index (Phi) is 2.92. The van der Waals surface area contributed by atoms with Crippen LogP contribution in [0.2, 0.25) is 0 Å². The maximum absolute atomic E-state index is 13.8. The van der Waals surface area contributed by atoms with Crippen LogP contribution in [0.3, 0.4) is 0 Å². The first-order chi connectivity index (χ1) is 9.47. The van der Waals surface area contributed by atoms with Gasteiger partial charge in [0.2, 0.25) is 5.82 Å². The number of amides is 1. The largest absolute Gasteiger partial charge is 0.335 e. The van der Waals surface area contributed by atoms with Gasteiger partial charge in [0.05, 0.1) is 16.6 Å². The van der Waals surface area contributed by atoms with E-state index >= 15 is 0 Å². The van der Waals surface area contributed by atoms with Crippen LogP contribution in [0.5, 0.6) is 0 Å². The summed E-state index contributed by atoms with van der Waals surface area (Å²) in [6.07, 6.45) is 2.85. The summed E-state index contributed by atoms with van der Waals surface area (Å²) in [6, 6.07) is 1.18. The molecule has 1 amide bonds. The van der Waals surface area contributed by atoms with Crippen LogP contribution in [-0.4, -0.2) is 28.3 Å². The molecule has 5 nitrogen and oxygen atoms in total. The zero-order chi connectivity index (χ0) is 14.4. The van der Waals surface area contributed by atoms with E-state index in [2.05, 4.69) is 0 Å². The topological polar surface area (TPSA) is 63.4 Å². The number of carbonyl (C=O) groups excluding carboxylic acids is 1. The summed E-state index contributed by atoms with van der Waals surface area (Å²) in [5.74, 6) is -2.38. The first-order valence-electron chi connectivity index (χ1n) is 6.41. The minimum absolute atomic E-state index is 0.0881. The third kappa shape index (κ3) is 1.93. The van der Waals surface area contributed by atoms with E-state index in [4.69, 9.17) is 0 Å². The summed E-state index contributed by atoms with van der Waals surface area (Å²) in [7, 11) is 0. The number of hydrogen-bond acceptors (Lipinski definition) is 3. The van der Waals surface area contributed by atoms with Crippen LogP contribution in [0.1, 0.15) is 29.6 Å². The first kappa shape index (κ1) is 13.0. The Balaban J connectivity index is 1.92. The number of carbonyl (C=O) groups is 1. The molecule has 106 valence electrons. The number of benzene rings is 1. The summed E-state index contributed by atoms with van der Waals surface area (Å²) in [4.78, 5) is 23.3. The summed E-state index contributed by atoms with van der Waals surface area (Å²) in [5.41, 5.74) is -1.39. The molecule has 3 rings (SSSR count). The molecule has 0 aromatic heterocycles. The molecule has 2 fully saturated rings. The molecule has 1 saturated heterocycles. The predicted molar refractivity (Wildman–Crippen MR) is 65.2 cm³/mol. The number of nitrogens with zero attached hydrogens (tertiary/aromatic N) is 2. The maximum atomic E-state index is 13.8. The van der Waals surface area contributed by atoms with Gasteiger partial charge in [-0.05, 0) is 31.2 Å². The molecule has 2 unspecified atom stereocenters. The second-order valence-electron chi connectivity index (χ2n) is 5.33. The summed E-state index contributed by atoms with van der Waals surface area (Å²) < 4.78 is 27.4. The van der Waals surface area contributed by atoms with Crippen LogP contribution < -0.4 is 0 Å². The van der Waals surface area contributed by atoms with Gasteiger partial charge in [-0.3, -0.25) is 14.9 Å². The highest BCUT2D eigenvalue weighted by molar-refractivity contribution is 5.95. The van der Waals surface area contributed by atoms with Crippen molar-refractivity contribution in [2.24, 2.45) is 5.92 Å². The van der Waals surface area contributed by atoms with Crippen LogP contribution in [0.4, 0.5) is 14.5 Å². The van der Waals surface area contributed by atoms with Gasteiger partial charge < -0.3 is 4.90 Å². The molecule has 0 spiro atoms. The molecule has 1 aromatic rings. The van der Waals surface area contributed by atoms with Crippen molar-refractivity contribution in [2.45, 2.75) is 25.3 Å². The van der Waals surface area contributed by atoms with E-state index in [0.29, 0.717) is 24.6 Å². The molecule has 2 atom stereocenters. The normalized spacial score (nSPS) is 24.2. The fraction of sp³-hybridized carbons (Fsp3) is 0.462. The Labute approximate surface area is 113 Å². The molecule has 7 heteroatoms. The van der Waals surface area contributed by atoms with Gasteiger partial charge in [-0.15, -0.1) is 0 Å². The van der Waals surface area contributed by atoms with Crippen molar-refractivity contribution in [2.75, 3.05) is 6.54 Å². The number of nitro groups is 1. The van der Waals surface area contributed by atoms with Crippen molar-refractivity contribution < 1.29 is 18.5 Å². The lowest BCUT2D eigenvalue weighted by Gasteiger charge is -2.27. The Bertz CT molecular complexity index is 606. The third-order valence-corrected chi connectivity index (χ3v) is 4.13. The number of nitro benzene ring substituents is 1. The number of piperidine rings is 1. The Morgan fingerprint density at radius 1 is 1.30 bits per heavy atom. The molecule has 0 N–H and O–H groups in total. The monoisotopic (exact) mass is 282 g/mol. The highest BCUT2D eigenvalue weighted by Gasteiger charge is 2.41. The molecule has 0 radical (unpaired) electrons. The molecule has 1 aliphatic carbocycles. The quantitative estimate of drug-likeness (QED) is 0.618. The third-order valence-electron chi connectivity index (χ3n) is 4.13. The second kappa shape index (κ2) is 4.50. The van der Waals surface area contributed by atoms with E-state index < -0.39 is 33.7 Å². The molecular weight excluding hydrogens is 270 g/mol. The van der Waals surface area contributed by atoms with Crippen molar-refractivity contribution in [1.82, 2.24) is 4.90 Å². The van der Waals surface area contributed by atoms with Gasteiger partial charge in [-0.2, -0.15) is 4.39 Å². The molecule has 1 heterocycles. The molecule has 1 aromatic carbocycles. The summed E-state index contributed by atoms with van der Waals surface area (Å²) in [5, 5.41) is 10.5. The Hall–Kier alpha value is -2.05. The van der Waals surface area contributed by atoms with E-state index in [0.717, 1.165) is 19.3 Å². The molecule has 1 saturated carbocycles. The lowest BCUT2D eigenvalue weighted by atomic mass is 10.1. The maximum Gasteiger partial charge on any atom is 0.307 e. The van der Waals surface area contributed by atoms with Gasteiger partial charge in [0, 0.05) is 12.6 Å². The number of fused-ring (bicyclic) bond motifs is 2. The van der Waals surface area contributed by atoms with Gasteiger partial charge in [-0.1, -0.05) is 0 Å². The molecule has 2 bridgehead atoms. The number of halogens is 2. The minimum atomic E-state index is -1.19. The zero-order valence-corrected chi connectivity index (χ0v) is 10.5. The van der Waals surface area contributed by atoms with Crippen LogP contribution >= 0.6 is 0 Å². The van der Waals surface area contributed by atoms with Crippen LogP contribution in [-0.2, 0) is 0 Å². The number of rotatable bonds is 2. The van der Waals surface area contributed by atoms with E-state index in [-0.39, 0.29) is 6.04 Å². The molecule has 1 aliphatic heterocycles. The average Bonchev–Trinajstić information content (AvgIpc) is 3.02. The lowest BCUT2D eigenvalue weighted by Crippen LogP contribution is -2.38. The summed E-state index contributed by atoms with van der Waals surface area (Å²) >= 11 is 0. The number of likely N-dealkylation sites (tertiary alicyclic amines) is 1. The van der Waals surface area contributed by atoms with Crippen LogP contribution in [0.15, 0.2) is 12.1 Å². The second-order valence-corrected chi connectivity index (χ2v) is 5.33. The highest BCUT2D eigenvalue weighted by atomic mass is 19.1. The molecule has 20 heavy (non-hydrogen) atoms. The van der Waals surface area contributed by atoms with Gasteiger partial charge >= 0.3 is 5.69 Å². The highest BCUT2D eigenvalue weighted by Crippen LogP contribution is 2.38. The first-order valence-corrected chi connectivity index (χ1v) is 6.41. The minimum Gasteiger partial charge on any atom is -0.335 e. The van der Waals surface area contributed by atoms with E-state index in [1.165, 1.54) is 0 Å². The summed E-state index contributed by atoms with van der Waals surface area (Å²) in [6.45, 7) is 0.557. The smallest absolute Gasteiger partial charge is 0.307 e. The SMILES string of the molecule is O=C(c1cc(F)c([N+](=O)[O-])cc1F)N1CC2CCC1C2. The standard InChI is InChI=1S/C13H12F2N2O3/c14-10-5-12(17(19)20)11(15)4-9(10)13(18)16-6-7-1-2-8(16)3-7/h4-5,7-8H,1-3,6H2. The van der Waals surface area contributed by atoms with Crippen LogP contribution in [0.25, 0.3) is 0 Å². The van der Waals surface area contributed by atoms with Crippen molar-refractivity contribution >= 4 is 11.6 Å². The Morgan fingerprint density at radius 2 is 2.05 bits per heavy atom. The molecule has 2 aliphatic rings. The lowest BCUT2D eigenvalue weighted by molar-refractivity contribution is -0.387. The van der Waals surface area contributed by atoms with Gasteiger partial charge in [0.15, 0.2) is 0 Å². The van der Waals surface area contributed by atoms with Gasteiger partial charge in [0.1, 0.15) is 5.82 Å². The van der Waals surface area contributed by atoms with Crippen molar-refractivity contribution in [3.8, 4) is 0 Å². The van der Waals surface area contributed by atoms with Crippen molar-refractivity contribution in [1.29, 1.82) is 0 Å².